The predicted octanol–water partition coefficient (Wildman–Crippen LogP) is 3.71. The zero-order valence-electron chi connectivity index (χ0n) is 15.6. The number of hydrogen-bond donors (Lipinski definition) is 2. The zero-order valence-corrected chi connectivity index (χ0v) is 18.1. The minimum absolute atomic E-state index is 0. The molecule has 2 N–H and O–H groups in total. The summed E-state index contributed by atoms with van der Waals surface area (Å²) in [6, 6.07) is 6.73. The van der Waals surface area contributed by atoms with Crippen LogP contribution in [-0.2, 0) is 11.3 Å². The Hall–Kier alpha value is -0.460. The lowest BCUT2D eigenvalue weighted by atomic mass is 9.92. The average Bonchev–Trinajstić information content (AvgIpc) is 2.59. The minimum Gasteiger partial charge on any atom is -0.326 e. The van der Waals surface area contributed by atoms with E-state index in [-0.39, 0.29) is 36.6 Å². The summed E-state index contributed by atoms with van der Waals surface area (Å²) in [7, 11) is 0. The van der Waals surface area contributed by atoms with Crippen LogP contribution in [-0.4, -0.2) is 48.0 Å². The summed E-state index contributed by atoms with van der Waals surface area (Å²) in [6.45, 7) is 8.53. The van der Waals surface area contributed by atoms with Gasteiger partial charge < -0.3 is 10.6 Å². The third-order valence-electron chi connectivity index (χ3n) is 5.20. The molecule has 2 fully saturated rings. The fourth-order valence-corrected chi connectivity index (χ4v) is 4.57. The molecule has 2 aliphatic heterocycles. The molecule has 0 saturated carbocycles. The topological polar surface area (TPSA) is 44.4 Å². The average molecular weight is 420 g/mol. The number of benzene rings is 1. The molecule has 0 aliphatic carbocycles. The lowest BCUT2D eigenvalue weighted by Gasteiger charge is -2.28. The molecule has 0 bridgehead atoms. The summed E-state index contributed by atoms with van der Waals surface area (Å²) < 4.78 is 0. The van der Waals surface area contributed by atoms with Crippen LogP contribution in [0, 0.1) is 12.8 Å². The van der Waals surface area contributed by atoms with Gasteiger partial charge in [0.1, 0.15) is 0 Å². The van der Waals surface area contributed by atoms with Crippen LogP contribution in [0.25, 0.3) is 0 Å². The summed E-state index contributed by atoms with van der Waals surface area (Å²) in [6.07, 6.45) is 1.86. The van der Waals surface area contributed by atoms with E-state index in [0.717, 1.165) is 44.7 Å². The highest BCUT2D eigenvalue weighted by atomic mass is 35.5. The Morgan fingerprint density at radius 3 is 2.73 bits per heavy atom. The van der Waals surface area contributed by atoms with Crippen molar-refractivity contribution in [2.75, 3.05) is 36.5 Å². The van der Waals surface area contributed by atoms with E-state index in [9.17, 15) is 4.79 Å². The Bertz CT molecular complexity index is 582. The van der Waals surface area contributed by atoms with Crippen molar-refractivity contribution in [3.05, 3.63) is 29.3 Å². The summed E-state index contributed by atoms with van der Waals surface area (Å²) in [5.74, 6) is 2.76. The van der Waals surface area contributed by atoms with Crippen LogP contribution in [0.5, 0.6) is 0 Å². The number of piperidine rings is 1. The molecule has 1 amide bonds. The largest absolute Gasteiger partial charge is 0.326 e. The van der Waals surface area contributed by atoms with E-state index in [4.69, 9.17) is 0 Å². The lowest BCUT2D eigenvalue weighted by Crippen LogP contribution is -2.40. The van der Waals surface area contributed by atoms with Gasteiger partial charge in [-0.15, -0.1) is 24.8 Å². The highest BCUT2D eigenvalue weighted by Crippen LogP contribution is 2.24. The molecular weight excluding hydrogens is 389 g/mol. The Kier molecular flexibility index (Phi) is 10.3. The second kappa shape index (κ2) is 11.4. The van der Waals surface area contributed by atoms with Crippen LogP contribution >= 0.6 is 36.6 Å². The highest BCUT2D eigenvalue weighted by molar-refractivity contribution is 7.99. The number of carbonyl (C=O) groups is 1. The van der Waals surface area contributed by atoms with Crippen molar-refractivity contribution < 1.29 is 4.79 Å². The standard InChI is InChI=1S/C19H29N3OS.2ClH/c1-14-12-16(6-7-20-14)19(23)21-18-5-3-4-17(15(18)2)13-22-8-10-24-11-9-22;;/h3-5,14,16,20H,6-13H2,1-2H3,(H,21,23);2*1H/t14-,16-;;/m0../s1. The quantitative estimate of drug-likeness (QED) is 0.780. The number of carbonyl (C=O) groups excluding carboxylic acids is 1. The minimum atomic E-state index is 0. The van der Waals surface area contributed by atoms with Gasteiger partial charge in [0, 0.05) is 48.8 Å². The summed E-state index contributed by atoms with van der Waals surface area (Å²) in [5, 5.41) is 6.60. The molecule has 1 aromatic carbocycles. The van der Waals surface area contributed by atoms with Gasteiger partial charge in [-0.05, 0) is 50.4 Å². The fraction of sp³-hybridized carbons (Fsp3) is 0.632. The Labute approximate surface area is 174 Å². The molecule has 2 heterocycles. The summed E-state index contributed by atoms with van der Waals surface area (Å²) >= 11 is 2.04. The van der Waals surface area contributed by atoms with Crippen molar-refractivity contribution in [1.82, 2.24) is 10.2 Å². The first-order valence-electron chi connectivity index (χ1n) is 9.06. The van der Waals surface area contributed by atoms with Crippen molar-refractivity contribution in [2.24, 2.45) is 5.92 Å². The molecule has 2 saturated heterocycles. The molecule has 2 aliphatic rings. The molecular formula is C19H31Cl2N3OS. The first-order valence-corrected chi connectivity index (χ1v) is 10.2. The van der Waals surface area contributed by atoms with Crippen molar-refractivity contribution in [3.63, 3.8) is 0 Å². The summed E-state index contributed by atoms with van der Waals surface area (Å²) in [4.78, 5) is 15.1. The third-order valence-corrected chi connectivity index (χ3v) is 6.14. The first-order chi connectivity index (χ1) is 11.6. The van der Waals surface area contributed by atoms with Crippen LogP contribution < -0.4 is 10.6 Å². The number of nitrogens with one attached hydrogen (secondary N) is 2. The maximum Gasteiger partial charge on any atom is 0.227 e. The van der Waals surface area contributed by atoms with Gasteiger partial charge in [-0.2, -0.15) is 11.8 Å². The number of halogens is 2. The highest BCUT2D eigenvalue weighted by Gasteiger charge is 2.25. The second-order valence-corrected chi connectivity index (χ2v) is 8.27. The Morgan fingerprint density at radius 1 is 1.31 bits per heavy atom. The van der Waals surface area contributed by atoms with Crippen molar-refractivity contribution >= 4 is 48.2 Å². The maximum atomic E-state index is 12.6. The molecule has 1 aromatic rings. The molecule has 3 rings (SSSR count). The van der Waals surface area contributed by atoms with E-state index in [0.29, 0.717) is 6.04 Å². The number of rotatable bonds is 4. The molecule has 26 heavy (non-hydrogen) atoms. The van der Waals surface area contributed by atoms with E-state index < -0.39 is 0 Å². The van der Waals surface area contributed by atoms with Gasteiger partial charge in [0.15, 0.2) is 0 Å². The van der Waals surface area contributed by atoms with Gasteiger partial charge >= 0.3 is 0 Å². The van der Waals surface area contributed by atoms with E-state index in [1.807, 2.05) is 17.8 Å². The second-order valence-electron chi connectivity index (χ2n) is 7.04. The first kappa shape index (κ1) is 23.6. The van der Waals surface area contributed by atoms with Crippen LogP contribution in [0.15, 0.2) is 18.2 Å². The Morgan fingerprint density at radius 2 is 2.04 bits per heavy atom. The van der Waals surface area contributed by atoms with Crippen molar-refractivity contribution in [3.8, 4) is 0 Å². The molecule has 0 radical (unpaired) electrons. The van der Waals surface area contributed by atoms with Gasteiger partial charge in [0.25, 0.3) is 0 Å². The molecule has 0 aromatic heterocycles. The molecule has 0 unspecified atom stereocenters. The zero-order chi connectivity index (χ0) is 16.9. The normalized spacial score (nSPS) is 23.5. The summed E-state index contributed by atoms with van der Waals surface area (Å²) in [5.41, 5.74) is 3.53. The van der Waals surface area contributed by atoms with Gasteiger partial charge in [-0.1, -0.05) is 12.1 Å². The van der Waals surface area contributed by atoms with Crippen molar-refractivity contribution in [1.29, 1.82) is 0 Å². The predicted molar refractivity (Wildman–Crippen MR) is 117 cm³/mol. The van der Waals surface area contributed by atoms with E-state index in [1.54, 1.807) is 0 Å². The van der Waals surface area contributed by atoms with Crippen LogP contribution in [0.3, 0.4) is 0 Å². The maximum absolute atomic E-state index is 12.6. The molecule has 4 nitrogen and oxygen atoms in total. The number of thioether (sulfide) groups is 1. The van der Waals surface area contributed by atoms with E-state index >= 15 is 0 Å². The monoisotopic (exact) mass is 419 g/mol. The Balaban J connectivity index is 0.00000169. The van der Waals surface area contributed by atoms with Crippen LogP contribution in [0.2, 0.25) is 0 Å². The lowest BCUT2D eigenvalue weighted by molar-refractivity contribution is -0.120. The third kappa shape index (κ3) is 6.31. The van der Waals surface area contributed by atoms with Crippen molar-refractivity contribution in [2.45, 2.75) is 39.3 Å². The fourth-order valence-electron chi connectivity index (χ4n) is 3.60. The van der Waals surface area contributed by atoms with Crippen LogP contribution in [0.4, 0.5) is 5.69 Å². The van der Waals surface area contributed by atoms with Gasteiger partial charge in [-0.3, -0.25) is 9.69 Å². The number of anilines is 1. The molecule has 7 heteroatoms. The number of hydrogen-bond acceptors (Lipinski definition) is 4. The van der Waals surface area contributed by atoms with Gasteiger partial charge in [-0.25, -0.2) is 0 Å². The SMILES string of the molecule is Cc1c(CN2CCSCC2)cccc1NC(=O)[C@H]1CCN[C@@H](C)C1.Cl.Cl. The van der Waals surface area contributed by atoms with E-state index in [1.165, 1.54) is 22.6 Å². The molecule has 2 atom stereocenters. The van der Waals surface area contributed by atoms with Gasteiger partial charge in [0.05, 0.1) is 0 Å². The molecule has 148 valence electrons. The van der Waals surface area contributed by atoms with E-state index in [2.05, 4.69) is 41.5 Å². The van der Waals surface area contributed by atoms with Gasteiger partial charge in [0.2, 0.25) is 5.91 Å². The number of nitrogens with zero attached hydrogens (tertiary/aromatic N) is 1. The molecule has 0 spiro atoms. The smallest absolute Gasteiger partial charge is 0.227 e. The van der Waals surface area contributed by atoms with Crippen LogP contribution in [0.1, 0.15) is 30.9 Å². The number of amides is 1.